The van der Waals surface area contributed by atoms with Crippen molar-refractivity contribution in [3.05, 3.63) is 29.8 Å². The molecule has 0 saturated heterocycles. The minimum Gasteiger partial charge on any atom is -0.399 e. The Kier molecular flexibility index (Phi) is 1.85. The first-order chi connectivity index (χ1) is 5.00. The Hall–Kier alpha value is -1.06. The molecule has 0 radical (unpaired) electrons. The number of benzene rings is 1. The maximum absolute atomic E-state index is 9.34. The third kappa shape index (κ3) is 1.93. The molecule has 1 aromatic carbocycles. The normalized spacial score (nSPS) is 15.9. The van der Waals surface area contributed by atoms with E-state index in [2.05, 4.69) is 0 Å². The van der Waals surface area contributed by atoms with Crippen LogP contribution in [0.4, 0.5) is 5.69 Å². The van der Waals surface area contributed by atoms with Crippen LogP contribution in [0, 0.1) is 0 Å². The van der Waals surface area contributed by atoms with Crippen LogP contribution in [0.15, 0.2) is 24.3 Å². The molecule has 3 nitrogen and oxygen atoms in total. The van der Waals surface area contributed by atoms with Crippen LogP contribution in [0.3, 0.4) is 0 Å². The summed E-state index contributed by atoms with van der Waals surface area (Å²) < 4.78 is 0. The van der Waals surface area contributed by atoms with Gasteiger partial charge in [-0.15, -0.1) is 0 Å². The maximum atomic E-state index is 9.34. The summed E-state index contributed by atoms with van der Waals surface area (Å²) in [5, 5.41) is 9.34. The molecular formula is C8H12N2O. The molecule has 0 aliphatic rings. The number of hydrogen-bond donors (Lipinski definition) is 3. The Morgan fingerprint density at radius 3 is 2.45 bits per heavy atom. The second kappa shape index (κ2) is 2.53. The number of hydrogen-bond acceptors (Lipinski definition) is 3. The van der Waals surface area contributed by atoms with E-state index in [4.69, 9.17) is 11.5 Å². The number of anilines is 1. The van der Waals surface area contributed by atoms with E-state index in [1.807, 2.05) is 0 Å². The summed E-state index contributed by atoms with van der Waals surface area (Å²) >= 11 is 0. The van der Waals surface area contributed by atoms with E-state index in [0.29, 0.717) is 11.3 Å². The van der Waals surface area contributed by atoms with Crippen molar-refractivity contribution in [2.75, 3.05) is 5.73 Å². The van der Waals surface area contributed by atoms with Gasteiger partial charge in [-0.2, -0.15) is 0 Å². The lowest BCUT2D eigenvalue weighted by atomic mass is 10.1. The first-order valence-electron chi connectivity index (χ1n) is 3.37. The second-order valence-electron chi connectivity index (χ2n) is 2.77. The minimum absolute atomic E-state index is 0.605. The van der Waals surface area contributed by atoms with Crippen LogP contribution < -0.4 is 11.5 Å². The van der Waals surface area contributed by atoms with Crippen molar-refractivity contribution >= 4 is 5.69 Å². The Morgan fingerprint density at radius 2 is 2.09 bits per heavy atom. The highest BCUT2D eigenvalue weighted by Gasteiger charge is 2.15. The molecule has 0 bridgehead atoms. The van der Waals surface area contributed by atoms with Crippen molar-refractivity contribution in [1.29, 1.82) is 0 Å². The molecule has 0 aliphatic heterocycles. The Balaban J connectivity index is 3.06. The van der Waals surface area contributed by atoms with E-state index >= 15 is 0 Å². The number of rotatable bonds is 1. The fourth-order valence-corrected chi connectivity index (χ4v) is 0.853. The SMILES string of the molecule is CC(N)(O)c1cccc(N)c1. The highest BCUT2D eigenvalue weighted by molar-refractivity contribution is 5.42. The van der Waals surface area contributed by atoms with Gasteiger partial charge in [-0.25, -0.2) is 0 Å². The van der Waals surface area contributed by atoms with Crippen molar-refractivity contribution < 1.29 is 5.11 Å². The molecule has 0 heterocycles. The van der Waals surface area contributed by atoms with E-state index < -0.39 is 5.72 Å². The van der Waals surface area contributed by atoms with Gasteiger partial charge >= 0.3 is 0 Å². The molecule has 1 unspecified atom stereocenters. The van der Waals surface area contributed by atoms with Gasteiger partial charge in [0.05, 0.1) is 0 Å². The average molecular weight is 152 g/mol. The fraction of sp³-hybridized carbons (Fsp3) is 0.250. The third-order valence-corrected chi connectivity index (χ3v) is 1.47. The predicted molar refractivity (Wildman–Crippen MR) is 44.6 cm³/mol. The highest BCUT2D eigenvalue weighted by Crippen LogP contribution is 2.16. The molecule has 0 spiro atoms. The van der Waals surface area contributed by atoms with Crippen LogP contribution in [-0.4, -0.2) is 5.11 Å². The van der Waals surface area contributed by atoms with Gasteiger partial charge in [0.25, 0.3) is 0 Å². The summed E-state index contributed by atoms with van der Waals surface area (Å²) in [5.41, 5.74) is 10.8. The summed E-state index contributed by atoms with van der Waals surface area (Å²) in [6.07, 6.45) is 0. The first-order valence-corrected chi connectivity index (χ1v) is 3.37. The van der Waals surface area contributed by atoms with Crippen molar-refractivity contribution in [3.63, 3.8) is 0 Å². The van der Waals surface area contributed by atoms with Crippen LogP contribution in [0.2, 0.25) is 0 Å². The Labute approximate surface area is 65.6 Å². The van der Waals surface area contributed by atoms with Crippen LogP contribution >= 0.6 is 0 Å². The van der Waals surface area contributed by atoms with Gasteiger partial charge in [-0.05, 0) is 24.6 Å². The number of nitrogen functional groups attached to an aromatic ring is 1. The van der Waals surface area contributed by atoms with Gasteiger partial charge in [0.1, 0.15) is 5.72 Å². The molecule has 1 rings (SSSR count). The summed E-state index contributed by atoms with van der Waals surface area (Å²) in [4.78, 5) is 0. The van der Waals surface area contributed by atoms with Gasteiger partial charge in [0, 0.05) is 5.69 Å². The van der Waals surface area contributed by atoms with E-state index in [1.165, 1.54) is 6.92 Å². The summed E-state index contributed by atoms with van der Waals surface area (Å²) in [6.45, 7) is 1.52. The zero-order valence-corrected chi connectivity index (χ0v) is 6.41. The highest BCUT2D eigenvalue weighted by atomic mass is 16.3. The first kappa shape index (κ1) is 8.04. The standard InChI is InChI=1S/C8H12N2O/c1-8(10,11)6-3-2-4-7(9)5-6/h2-5,11H,9-10H2,1H3. The molecule has 0 amide bonds. The van der Waals surface area contributed by atoms with Gasteiger partial charge in [-0.3, -0.25) is 0 Å². The second-order valence-corrected chi connectivity index (χ2v) is 2.77. The van der Waals surface area contributed by atoms with Crippen LogP contribution in [0.1, 0.15) is 12.5 Å². The van der Waals surface area contributed by atoms with E-state index in [-0.39, 0.29) is 0 Å². The molecule has 0 aromatic heterocycles. The zero-order valence-electron chi connectivity index (χ0n) is 6.41. The molecule has 1 atom stereocenters. The molecule has 60 valence electrons. The Bertz CT molecular complexity index is 253. The third-order valence-electron chi connectivity index (χ3n) is 1.47. The maximum Gasteiger partial charge on any atom is 0.136 e. The van der Waals surface area contributed by atoms with Gasteiger partial charge in [-0.1, -0.05) is 12.1 Å². The quantitative estimate of drug-likeness (QED) is 0.402. The largest absolute Gasteiger partial charge is 0.399 e. The van der Waals surface area contributed by atoms with Gasteiger partial charge in [0.2, 0.25) is 0 Å². The fourth-order valence-electron chi connectivity index (χ4n) is 0.853. The number of nitrogens with two attached hydrogens (primary N) is 2. The molecule has 0 fully saturated rings. The average Bonchev–Trinajstić information content (AvgIpc) is 1.86. The van der Waals surface area contributed by atoms with Crippen molar-refractivity contribution in [2.24, 2.45) is 5.73 Å². The van der Waals surface area contributed by atoms with Crippen molar-refractivity contribution in [3.8, 4) is 0 Å². The molecule has 0 saturated carbocycles. The van der Waals surface area contributed by atoms with Crippen molar-refractivity contribution in [2.45, 2.75) is 12.6 Å². The smallest absolute Gasteiger partial charge is 0.136 e. The monoisotopic (exact) mass is 152 g/mol. The van der Waals surface area contributed by atoms with Crippen LogP contribution in [-0.2, 0) is 5.72 Å². The summed E-state index contributed by atoms with van der Waals surface area (Å²) in [5.74, 6) is 0. The van der Waals surface area contributed by atoms with E-state index in [0.717, 1.165) is 0 Å². The van der Waals surface area contributed by atoms with E-state index in [9.17, 15) is 5.11 Å². The lowest BCUT2D eigenvalue weighted by molar-refractivity contribution is 0.0648. The van der Waals surface area contributed by atoms with E-state index in [1.54, 1.807) is 24.3 Å². The van der Waals surface area contributed by atoms with Gasteiger partial charge < -0.3 is 16.6 Å². The van der Waals surface area contributed by atoms with Crippen molar-refractivity contribution in [1.82, 2.24) is 0 Å². The minimum atomic E-state index is -1.30. The number of aliphatic hydroxyl groups is 1. The zero-order chi connectivity index (χ0) is 8.48. The molecule has 5 N–H and O–H groups in total. The lowest BCUT2D eigenvalue weighted by Gasteiger charge is -2.17. The van der Waals surface area contributed by atoms with Gasteiger partial charge in [0.15, 0.2) is 0 Å². The molecule has 0 aliphatic carbocycles. The van der Waals surface area contributed by atoms with Crippen LogP contribution in [0.25, 0.3) is 0 Å². The molecule has 1 aromatic rings. The predicted octanol–water partition coefficient (Wildman–Crippen LogP) is 0.393. The molecular weight excluding hydrogens is 140 g/mol. The summed E-state index contributed by atoms with van der Waals surface area (Å²) in [6, 6.07) is 6.89. The van der Waals surface area contributed by atoms with Crippen LogP contribution in [0.5, 0.6) is 0 Å². The Morgan fingerprint density at radius 1 is 1.45 bits per heavy atom. The molecule has 3 heteroatoms. The summed E-state index contributed by atoms with van der Waals surface area (Å²) in [7, 11) is 0. The topological polar surface area (TPSA) is 72.3 Å². The molecule has 11 heavy (non-hydrogen) atoms. The lowest BCUT2D eigenvalue weighted by Crippen LogP contribution is -2.32.